The molecule has 1 aliphatic rings. The van der Waals surface area contributed by atoms with E-state index in [2.05, 4.69) is 10.3 Å². The molecule has 2 aromatic rings. The fourth-order valence-corrected chi connectivity index (χ4v) is 3.06. The fourth-order valence-electron chi connectivity index (χ4n) is 3.06. The summed E-state index contributed by atoms with van der Waals surface area (Å²) >= 11 is 0. The van der Waals surface area contributed by atoms with Gasteiger partial charge in [-0.3, -0.25) is 14.6 Å². The van der Waals surface area contributed by atoms with Gasteiger partial charge in [-0.15, -0.1) is 0 Å². The maximum Gasteiger partial charge on any atom is 0.269 e. The van der Waals surface area contributed by atoms with Crippen molar-refractivity contribution >= 4 is 17.5 Å². The third kappa shape index (κ3) is 3.53. The van der Waals surface area contributed by atoms with E-state index in [-0.39, 0.29) is 23.6 Å². The number of hydrogen-bond acceptors (Lipinski definition) is 4. The van der Waals surface area contributed by atoms with Crippen molar-refractivity contribution in [2.45, 2.75) is 19.4 Å². The van der Waals surface area contributed by atoms with Crippen molar-refractivity contribution in [1.82, 2.24) is 10.3 Å². The average molecular weight is 339 g/mol. The molecule has 1 aromatic carbocycles. The first-order valence-electron chi connectivity index (χ1n) is 8.26. The highest BCUT2D eigenvalue weighted by atomic mass is 16.5. The second-order valence-corrected chi connectivity index (χ2v) is 6.04. The van der Waals surface area contributed by atoms with E-state index in [1.54, 1.807) is 18.1 Å². The molecule has 3 rings (SSSR count). The molecule has 6 heteroatoms. The predicted molar refractivity (Wildman–Crippen MR) is 94.9 cm³/mol. The number of pyridine rings is 1. The minimum atomic E-state index is -0.318. The first-order valence-corrected chi connectivity index (χ1v) is 8.26. The highest BCUT2D eigenvalue weighted by Gasteiger charge is 2.31. The van der Waals surface area contributed by atoms with E-state index in [0.29, 0.717) is 18.7 Å². The normalized spacial score (nSPS) is 15.8. The van der Waals surface area contributed by atoms with Crippen LogP contribution >= 0.6 is 0 Å². The minimum absolute atomic E-state index is 0.0806. The van der Waals surface area contributed by atoms with Crippen LogP contribution in [0.15, 0.2) is 42.6 Å². The summed E-state index contributed by atoms with van der Waals surface area (Å²) in [5.74, 6) is -0.438. The van der Waals surface area contributed by atoms with Gasteiger partial charge >= 0.3 is 0 Å². The molecule has 0 radical (unpaired) electrons. The van der Waals surface area contributed by atoms with Crippen molar-refractivity contribution in [2.75, 3.05) is 25.2 Å². The number of carbonyl (C=O) groups excluding carboxylic acids is 2. The summed E-state index contributed by atoms with van der Waals surface area (Å²) in [6, 6.07) is 11.2. The van der Waals surface area contributed by atoms with Gasteiger partial charge in [0.05, 0.1) is 6.61 Å². The molecule has 2 amide bonds. The topological polar surface area (TPSA) is 71.5 Å². The van der Waals surface area contributed by atoms with Gasteiger partial charge in [0, 0.05) is 37.1 Å². The van der Waals surface area contributed by atoms with Crippen molar-refractivity contribution in [3.63, 3.8) is 0 Å². The Kier molecular flexibility index (Phi) is 5.09. The molecule has 2 heterocycles. The van der Waals surface area contributed by atoms with Crippen molar-refractivity contribution in [1.29, 1.82) is 0 Å². The molecular formula is C19H21N3O3. The second kappa shape index (κ2) is 7.44. The van der Waals surface area contributed by atoms with Crippen LogP contribution in [-0.2, 0) is 11.2 Å². The Bertz CT molecular complexity index is 791. The Labute approximate surface area is 146 Å². The average Bonchev–Trinajstić information content (AvgIpc) is 2.97. The third-order valence-corrected chi connectivity index (χ3v) is 4.26. The molecule has 1 aromatic heterocycles. The molecule has 1 aliphatic heterocycles. The summed E-state index contributed by atoms with van der Waals surface area (Å²) in [7, 11) is 1.57. The van der Waals surface area contributed by atoms with Crippen LogP contribution in [0, 0.1) is 0 Å². The zero-order valence-electron chi connectivity index (χ0n) is 14.4. The summed E-state index contributed by atoms with van der Waals surface area (Å²) < 4.78 is 4.91. The van der Waals surface area contributed by atoms with Gasteiger partial charge in [-0.05, 0) is 37.1 Å². The number of benzene rings is 1. The maximum absolute atomic E-state index is 13.0. The molecule has 1 unspecified atom stereocenters. The number of aromatic nitrogens is 1. The number of carbonyl (C=O) groups is 2. The van der Waals surface area contributed by atoms with Crippen molar-refractivity contribution in [2.24, 2.45) is 0 Å². The molecule has 0 fully saturated rings. The summed E-state index contributed by atoms with van der Waals surface area (Å²) in [6.45, 7) is 2.84. The van der Waals surface area contributed by atoms with Crippen LogP contribution in [0.4, 0.5) is 5.69 Å². The van der Waals surface area contributed by atoms with Gasteiger partial charge in [-0.2, -0.15) is 0 Å². The van der Waals surface area contributed by atoms with Gasteiger partial charge in [0.2, 0.25) is 0 Å². The van der Waals surface area contributed by atoms with Gasteiger partial charge in [0.25, 0.3) is 11.8 Å². The highest BCUT2D eigenvalue weighted by molar-refractivity contribution is 6.08. The monoisotopic (exact) mass is 339 g/mol. The number of para-hydroxylation sites is 1. The first-order chi connectivity index (χ1) is 12.1. The molecular weight excluding hydrogens is 318 g/mol. The zero-order valence-corrected chi connectivity index (χ0v) is 14.4. The van der Waals surface area contributed by atoms with Crippen LogP contribution in [0.2, 0.25) is 0 Å². The summed E-state index contributed by atoms with van der Waals surface area (Å²) in [4.78, 5) is 31.0. The Morgan fingerprint density at radius 1 is 1.32 bits per heavy atom. The summed E-state index contributed by atoms with van der Waals surface area (Å²) in [5.41, 5.74) is 2.77. The lowest BCUT2D eigenvalue weighted by Gasteiger charge is -2.23. The van der Waals surface area contributed by atoms with Gasteiger partial charge in [0.15, 0.2) is 0 Å². The number of nitrogens with zero attached hydrogens (tertiary/aromatic N) is 2. The van der Waals surface area contributed by atoms with Crippen LogP contribution in [0.25, 0.3) is 0 Å². The lowest BCUT2D eigenvalue weighted by atomic mass is 10.1. The van der Waals surface area contributed by atoms with Gasteiger partial charge in [-0.25, -0.2) is 0 Å². The van der Waals surface area contributed by atoms with Gasteiger partial charge in [-0.1, -0.05) is 18.2 Å². The van der Waals surface area contributed by atoms with Crippen LogP contribution in [0.3, 0.4) is 0 Å². The Morgan fingerprint density at radius 3 is 2.92 bits per heavy atom. The SMILES string of the molecule is COCCNC(=O)c1cc(C(=O)N2c3ccccc3CC2C)ccn1. The number of anilines is 1. The van der Waals surface area contributed by atoms with Gasteiger partial charge < -0.3 is 15.0 Å². The number of rotatable bonds is 5. The molecule has 1 atom stereocenters. The van der Waals surface area contributed by atoms with Crippen LogP contribution in [0.1, 0.15) is 33.3 Å². The lowest BCUT2D eigenvalue weighted by molar-refractivity contribution is 0.0932. The predicted octanol–water partition coefficient (Wildman–Crippen LogP) is 2.05. The largest absolute Gasteiger partial charge is 0.383 e. The van der Waals surface area contributed by atoms with Crippen LogP contribution < -0.4 is 10.2 Å². The molecule has 0 bridgehead atoms. The number of hydrogen-bond donors (Lipinski definition) is 1. The summed E-state index contributed by atoms with van der Waals surface area (Å²) in [5, 5.41) is 2.71. The number of ether oxygens (including phenoxy) is 1. The second-order valence-electron chi connectivity index (χ2n) is 6.04. The zero-order chi connectivity index (χ0) is 17.8. The fraction of sp³-hybridized carbons (Fsp3) is 0.316. The van der Waals surface area contributed by atoms with E-state index >= 15 is 0 Å². The molecule has 1 N–H and O–H groups in total. The lowest BCUT2D eigenvalue weighted by Crippen LogP contribution is -2.36. The number of nitrogens with one attached hydrogen (secondary N) is 1. The van der Waals surface area contributed by atoms with Crippen LogP contribution in [0.5, 0.6) is 0 Å². The highest BCUT2D eigenvalue weighted by Crippen LogP contribution is 2.33. The molecule has 25 heavy (non-hydrogen) atoms. The quantitative estimate of drug-likeness (QED) is 0.847. The van der Waals surface area contributed by atoms with E-state index in [1.165, 1.54) is 12.3 Å². The van der Waals surface area contributed by atoms with Crippen molar-refractivity contribution in [3.8, 4) is 0 Å². The molecule has 130 valence electrons. The molecule has 6 nitrogen and oxygen atoms in total. The van der Waals surface area contributed by atoms with E-state index in [1.807, 2.05) is 31.2 Å². The Hall–Kier alpha value is -2.73. The van der Waals surface area contributed by atoms with Crippen molar-refractivity contribution in [3.05, 3.63) is 59.4 Å². The first kappa shape index (κ1) is 17.1. The molecule has 0 saturated heterocycles. The van der Waals surface area contributed by atoms with E-state index < -0.39 is 0 Å². The molecule has 0 spiro atoms. The Morgan fingerprint density at radius 2 is 2.12 bits per heavy atom. The number of methoxy groups -OCH3 is 1. The van der Waals surface area contributed by atoms with E-state index in [0.717, 1.165) is 17.7 Å². The van der Waals surface area contributed by atoms with Gasteiger partial charge in [0.1, 0.15) is 5.69 Å². The van der Waals surface area contributed by atoms with E-state index in [4.69, 9.17) is 4.74 Å². The molecule has 0 saturated carbocycles. The maximum atomic E-state index is 13.0. The molecule has 0 aliphatic carbocycles. The van der Waals surface area contributed by atoms with Crippen molar-refractivity contribution < 1.29 is 14.3 Å². The number of amides is 2. The summed E-state index contributed by atoms with van der Waals surface area (Å²) in [6.07, 6.45) is 2.32. The minimum Gasteiger partial charge on any atom is -0.383 e. The number of fused-ring (bicyclic) bond motifs is 1. The van der Waals surface area contributed by atoms with Crippen LogP contribution in [-0.4, -0.2) is 43.1 Å². The smallest absolute Gasteiger partial charge is 0.269 e. The third-order valence-electron chi connectivity index (χ3n) is 4.26. The standard InChI is InChI=1S/C19H21N3O3/c1-13-11-14-5-3-4-6-17(14)22(13)19(24)15-7-8-20-16(12-15)18(23)21-9-10-25-2/h3-8,12-13H,9-11H2,1-2H3,(H,21,23). The Balaban J connectivity index is 1.81. The van der Waals surface area contributed by atoms with E-state index in [9.17, 15) is 9.59 Å².